The highest BCUT2D eigenvalue weighted by Gasteiger charge is 2.12. The number of hydrogen-bond acceptors (Lipinski definition) is 0. The molecule has 0 heterocycles. The molecule has 0 saturated carbocycles. The quantitative estimate of drug-likeness (QED) is 0.656. The van der Waals surface area contributed by atoms with Crippen molar-refractivity contribution < 1.29 is 4.39 Å². The van der Waals surface area contributed by atoms with Gasteiger partial charge in [-0.25, -0.2) is 4.39 Å². The van der Waals surface area contributed by atoms with Crippen LogP contribution in [0, 0.1) is 19.7 Å². The first kappa shape index (κ1) is 12.4. The molecule has 0 radical (unpaired) electrons. The fourth-order valence-electron chi connectivity index (χ4n) is 3.13. The molecule has 0 N–H and O–H groups in total. The monoisotopic (exact) mass is 254 g/mol. The van der Waals surface area contributed by atoms with Gasteiger partial charge in [-0.1, -0.05) is 18.2 Å². The molecule has 0 fully saturated rings. The Kier molecular flexibility index (Phi) is 3.14. The summed E-state index contributed by atoms with van der Waals surface area (Å²) in [4.78, 5) is 0. The molecule has 0 unspecified atom stereocenters. The maximum Gasteiger partial charge on any atom is 0.123 e. The zero-order valence-electron chi connectivity index (χ0n) is 11.6. The Morgan fingerprint density at radius 2 is 1.16 bits per heavy atom. The predicted octanol–water partition coefficient (Wildman–Crippen LogP) is 4.33. The van der Waals surface area contributed by atoms with E-state index in [0.29, 0.717) is 0 Å². The lowest BCUT2D eigenvalue weighted by atomic mass is 9.88. The summed E-state index contributed by atoms with van der Waals surface area (Å²) < 4.78 is 13.7. The lowest BCUT2D eigenvalue weighted by Gasteiger charge is -2.17. The Morgan fingerprint density at radius 3 is 1.68 bits per heavy atom. The van der Waals surface area contributed by atoms with Gasteiger partial charge in [-0.05, 0) is 85.0 Å². The number of halogens is 1. The summed E-state index contributed by atoms with van der Waals surface area (Å²) in [5.41, 5.74) is 7.85. The van der Waals surface area contributed by atoms with Crippen molar-refractivity contribution in [2.24, 2.45) is 0 Å². The molecule has 0 spiro atoms. The van der Waals surface area contributed by atoms with Crippen LogP contribution < -0.4 is 0 Å². The smallest absolute Gasteiger partial charge is 0.123 e. The van der Waals surface area contributed by atoms with Crippen LogP contribution in [0.1, 0.15) is 33.4 Å². The Hall–Kier alpha value is -1.63. The summed E-state index contributed by atoms with van der Waals surface area (Å²) in [6, 6.07) is 9.98. The van der Waals surface area contributed by atoms with E-state index in [4.69, 9.17) is 0 Å². The van der Waals surface area contributed by atoms with Crippen molar-refractivity contribution in [3.8, 4) is 0 Å². The zero-order chi connectivity index (χ0) is 13.4. The van der Waals surface area contributed by atoms with Crippen LogP contribution in [0.25, 0.3) is 0 Å². The first-order chi connectivity index (χ1) is 9.15. The van der Waals surface area contributed by atoms with Crippen LogP contribution in [0.5, 0.6) is 0 Å². The highest BCUT2D eigenvalue weighted by molar-refractivity contribution is 5.40. The van der Waals surface area contributed by atoms with Crippen LogP contribution in [0.4, 0.5) is 4.39 Å². The molecule has 0 amide bonds. The van der Waals surface area contributed by atoms with E-state index < -0.39 is 0 Å². The van der Waals surface area contributed by atoms with Crippen molar-refractivity contribution in [1.29, 1.82) is 0 Å². The van der Waals surface area contributed by atoms with Crippen LogP contribution in [-0.2, 0) is 25.7 Å². The molecule has 1 aliphatic rings. The van der Waals surface area contributed by atoms with Gasteiger partial charge in [0.1, 0.15) is 5.82 Å². The van der Waals surface area contributed by atoms with Crippen molar-refractivity contribution in [3.63, 3.8) is 0 Å². The molecule has 4 bridgehead atoms. The van der Waals surface area contributed by atoms with E-state index >= 15 is 0 Å². The lowest BCUT2D eigenvalue weighted by molar-refractivity contribution is 0.621. The number of aryl methyl sites for hydroxylation is 4. The summed E-state index contributed by atoms with van der Waals surface area (Å²) in [5.74, 6) is -0.0865. The van der Waals surface area contributed by atoms with Gasteiger partial charge in [0.2, 0.25) is 0 Å². The predicted molar refractivity (Wildman–Crippen MR) is 77.1 cm³/mol. The van der Waals surface area contributed by atoms with Gasteiger partial charge in [-0.2, -0.15) is 0 Å². The molecule has 0 aliphatic heterocycles. The van der Waals surface area contributed by atoms with Crippen molar-refractivity contribution in [2.45, 2.75) is 39.5 Å². The topological polar surface area (TPSA) is 0 Å². The van der Waals surface area contributed by atoms with Gasteiger partial charge >= 0.3 is 0 Å². The number of hydrogen-bond donors (Lipinski definition) is 0. The minimum atomic E-state index is -0.0865. The second-order valence-corrected chi connectivity index (χ2v) is 5.55. The van der Waals surface area contributed by atoms with E-state index in [-0.39, 0.29) is 5.82 Å². The standard InChI is InChI=1S/C18H19F/c1-12-14-4-3-5-15(12)7-9-17-11-18(19)10-16(8-6-14)13(17)2/h3-5,10-11H,6-9H2,1-2H3. The van der Waals surface area contributed by atoms with Gasteiger partial charge in [0.15, 0.2) is 0 Å². The van der Waals surface area contributed by atoms with Crippen molar-refractivity contribution in [2.75, 3.05) is 0 Å². The van der Waals surface area contributed by atoms with Crippen molar-refractivity contribution in [1.82, 2.24) is 0 Å². The molecule has 1 aliphatic carbocycles. The Bertz CT molecular complexity index is 578. The second-order valence-electron chi connectivity index (χ2n) is 5.55. The van der Waals surface area contributed by atoms with Crippen molar-refractivity contribution in [3.05, 3.63) is 69.5 Å². The van der Waals surface area contributed by atoms with E-state index in [1.54, 1.807) is 12.1 Å². The molecule has 2 aromatic carbocycles. The summed E-state index contributed by atoms with van der Waals surface area (Å²) in [6.45, 7) is 4.35. The van der Waals surface area contributed by atoms with Crippen LogP contribution in [0.15, 0.2) is 30.3 Å². The minimum absolute atomic E-state index is 0.0865. The van der Waals surface area contributed by atoms with E-state index in [1.807, 2.05) is 0 Å². The molecular weight excluding hydrogens is 235 g/mol. The van der Waals surface area contributed by atoms with Gasteiger partial charge < -0.3 is 0 Å². The van der Waals surface area contributed by atoms with Crippen LogP contribution in [0.3, 0.4) is 0 Å². The first-order valence-corrected chi connectivity index (χ1v) is 7.00. The average molecular weight is 254 g/mol. The molecule has 0 saturated heterocycles. The molecule has 3 rings (SSSR count). The van der Waals surface area contributed by atoms with E-state index in [1.165, 1.54) is 33.4 Å². The Balaban J connectivity index is 2.09. The van der Waals surface area contributed by atoms with Crippen LogP contribution in [-0.4, -0.2) is 0 Å². The average Bonchev–Trinajstić information content (AvgIpc) is 2.39. The molecule has 2 aromatic rings. The van der Waals surface area contributed by atoms with Gasteiger partial charge in [0.25, 0.3) is 0 Å². The summed E-state index contributed by atoms with van der Waals surface area (Å²) in [6.07, 6.45) is 3.87. The number of benzene rings is 2. The third kappa shape index (κ3) is 2.30. The fourth-order valence-corrected chi connectivity index (χ4v) is 3.13. The first-order valence-electron chi connectivity index (χ1n) is 7.00. The second kappa shape index (κ2) is 4.80. The van der Waals surface area contributed by atoms with Crippen LogP contribution >= 0.6 is 0 Å². The Morgan fingerprint density at radius 1 is 0.737 bits per heavy atom. The summed E-state index contributed by atoms with van der Waals surface area (Å²) in [5, 5.41) is 0. The minimum Gasteiger partial charge on any atom is -0.207 e. The van der Waals surface area contributed by atoms with E-state index in [0.717, 1.165) is 25.7 Å². The third-order valence-corrected chi connectivity index (χ3v) is 4.47. The van der Waals surface area contributed by atoms with Gasteiger partial charge in [0, 0.05) is 0 Å². The number of fused-ring (bicyclic) bond motifs is 4. The maximum atomic E-state index is 13.7. The summed E-state index contributed by atoms with van der Waals surface area (Å²) >= 11 is 0. The Labute approximate surface area is 114 Å². The molecule has 1 heteroatoms. The molecule has 98 valence electrons. The molecule has 19 heavy (non-hydrogen) atoms. The normalized spacial score (nSPS) is 14.3. The SMILES string of the molecule is Cc1c2cccc1CCc1cc(F)cc(c1C)CC2. The number of rotatable bonds is 0. The van der Waals surface area contributed by atoms with Gasteiger partial charge in [-0.15, -0.1) is 0 Å². The highest BCUT2D eigenvalue weighted by atomic mass is 19.1. The van der Waals surface area contributed by atoms with Gasteiger partial charge in [0.05, 0.1) is 0 Å². The molecular formula is C18H19F. The van der Waals surface area contributed by atoms with E-state index in [9.17, 15) is 4.39 Å². The summed E-state index contributed by atoms with van der Waals surface area (Å²) in [7, 11) is 0. The lowest BCUT2D eigenvalue weighted by Crippen LogP contribution is -2.06. The molecule has 0 aromatic heterocycles. The molecule has 0 atom stereocenters. The highest BCUT2D eigenvalue weighted by Crippen LogP contribution is 2.24. The van der Waals surface area contributed by atoms with E-state index in [2.05, 4.69) is 32.0 Å². The van der Waals surface area contributed by atoms with Gasteiger partial charge in [-0.3, -0.25) is 0 Å². The third-order valence-electron chi connectivity index (χ3n) is 4.47. The maximum absolute atomic E-state index is 13.7. The van der Waals surface area contributed by atoms with Crippen molar-refractivity contribution >= 4 is 0 Å². The fraction of sp³-hybridized carbons (Fsp3) is 0.333. The molecule has 0 nitrogen and oxygen atoms in total. The van der Waals surface area contributed by atoms with Crippen LogP contribution in [0.2, 0.25) is 0 Å². The largest absolute Gasteiger partial charge is 0.207 e. The zero-order valence-corrected chi connectivity index (χ0v) is 11.6.